The number of amides is 2. The summed E-state index contributed by atoms with van der Waals surface area (Å²) < 4.78 is 37.4. The molecule has 0 aliphatic carbocycles. The Morgan fingerprint density at radius 1 is 1.15 bits per heavy atom. The summed E-state index contributed by atoms with van der Waals surface area (Å²) in [6, 6.07) is 3.24. The fraction of sp³-hybridized carbons (Fsp3) is 0.471. The minimum absolute atomic E-state index is 0.286. The molecule has 2 atom stereocenters. The van der Waals surface area contributed by atoms with E-state index in [4.69, 9.17) is 5.11 Å². The number of rotatable bonds is 7. The van der Waals surface area contributed by atoms with Gasteiger partial charge < -0.3 is 15.7 Å². The van der Waals surface area contributed by atoms with E-state index in [0.717, 1.165) is 5.56 Å². The van der Waals surface area contributed by atoms with Crippen LogP contribution >= 0.6 is 0 Å². The van der Waals surface area contributed by atoms with Gasteiger partial charge in [0, 0.05) is 5.56 Å². The molecule has 0 fully saturated rings. The lowest BCUT2D eigenvalue weighted by Gasteiger charge is -2.24. The van der Waals surface area contributed by atoms with E-state index in [2.05, 4.69) is 5.32 Å². The number of carboxylic acids is 1. The van der Waals surface area contributed by atoms with E-state index in [-0.39, 0.29) is 5.56 Å². The van der Waals surface area contributed by atoms with Crippen molar-refractivity contribution in [1.82, 2.24) is 10.6 Å². The van der Waals surface area contributed by atoms with Gasteiger partial charge in [0.2, 0.25) is 5.91 Å². The topological polar surface area (TPSA) is 95.5 Å². The largest absolute Gasteiger partial charge is 0.480 e. The highest BCUT2D eigenvalue weighted by Gasteiger charge is 2.37. The molecule has 0 aliphatic heterocycles. The highest BCUT2D eigenvalue weighted by molar-refractivity contribution is 5.98. The summed E-state index contributed by atoms with van der Waals surface area (Å²) in [6.07, 6.45) is -6.46. The van der Waals surface area contributed by atoms with E-state index in [1.54, 1.807) is 39.0 Å². The monoisotopic (exact) mass is 374 g/mol. The maximum absolute atomic E-state index is 12.5. The maximum Gasteiger partial charge on any atom is 0.391 e. The number of hydrogen-bond acceptors (Lipinski definition) is 3. The number of hydrogen-bond donors (Lipinski definition) is 3. The van der Waals surface area contributed by atoms with Crippen LogP contribution in [-0.2, 0) is 9.59 Å². The van der Waals surface area contributed by atoms with Crippen molar-refractivity contribution in [3.8, 4) is 0 Å². The Morgan fingerprint density at radius 2 is 1.77 bits per heavy atom. The highest BCUT2D eigenvalue weighted by Crippen LogP contribution is 2.22. The Morgan fingerprint density at radius 3 is 2.23 bits per heavy atom. The van der Waals surface area contributed by atoms with Gasteiger partial charge in [-0.25, -0.2) is 4.79 Å². The first-order chi connectivity index (χ1) is 11.9. The van der Waals surface area contributed by atoms with Gasteiger partial charge >= 0.3 is 12.1 Å². The van der Waals surface area contributed by atoms with Crippen molar-refractivity contribution >= 4 is 17.8 Å². The Kier molecular flexibility index (Phi) is 7.17. The molecule has 2 unspecified atom stereocenters. The smallest absolute Gasteiger partial charge is 0.391 e. The summed E-state index contributed by atoms with van der Waals surface area (Å²) in [6.45, 7) is 4.94. The molecule has 0 bridgehead atoms. The predicted molar refractivity (Wildman–Crippen MR) is 87.5 cm³/mol. The lowest BCUT2D eigenvalue weighted by atomic mass is 10.0. The summed E-state index contributed by atoms with van der Waals surface area (Å²) >= 11 is 0. The molecule has 1 aromatic rings. The minimum atomic E-state index is -4.76. The number of halogens is 3. The second kappa shape index (κ2) is 8.68. The van der Waals surface area contributed by atoms with Crippen LogP contribution in [0.15, 0.2) is 24.3 Å². The van der Waals surface area contributed by atoms with Crippen molar-refractivity contribution < 1.29 is 32.7 Å². The molecule has 0 saturated heterocycles. The van der Waals surface area contributed by atoms with E-state index < -0.39 is 48.4 Å². The van der Waals surface area contributed by atoms with Gasteiger partial charge in [-0.2, -0.15) is 13.2 Å². The maximum atomic E-state index is 12.5. The molecule has 0 aliphatic rings. The number of carbonyl (C=O) groups excluding carboxylic acids is 2. The zero-order valence-corrected chi connectivity index (χ0v) is 14.6. The third kappa shape index (κ3) is 6.73. The SMILES string of the molecule is Cc1cccc(C(=O)NC(C(=O)NC(CC(F)(F)F)C(=O)O)C(C)C)c1. The second-order valence-corrected chi connectivity index (χ2v) is 6.28. The Bertz CT molecular complexity index is 674. The molecule has 3 N–H and O–H groups in total. The summed E-state index contributed by atoms with van der Waals surface area (Å²) in [4.78, 5) is 35.5. The molecule has 144 valence electrons. The van der Waals surface area contributed by atoms with Crippen molar-refractivity contribution in [3.63, 3.8) is 0 Å². The number of nitrogens with one attached hydrogen (secondary N) is 2. The lowest BCUT2D eigenvalue weighted by Crippen LogP contribution is -2.54. The van der Waals surface area contributed by atoms with Crippen LogP contribution in [0.3, 0.4) is 0 Å². The molecule has 26 heavy (non-hydrogen) atoms. The highest BCUT2D eigenvalue weighted by atomic mass is 19.4. The van der Waals surface area contributed by atoms with Crippen LogP contribution in [-0.4, -0.2) is 41.2 Å². The molecule has 0 radical (unpaired) electrons. The van der Waals surface area contributed by atoms with Crippen molar-refractivity contribution in [2.45, 2.75) is 45.5 Å². The van der Waals surface area contributed by atoms with Gasteiger partial charge in [-0.3, -0.25) is 9.59 Å². The van der Waals surface area contributed by atoms with Crippen LogP contribution in [0.4, 0.5) is 13.2 Å². The molecule has 6 nitrogen and oxygen atoms in total. The molecule has 1 aromatic carbocycles. The quantitative estimate of drug-likeness (QED) is 0.682. The molecule has 1 rings (SSSR count). The molecule has 0 heterocycles. The molecule has 9 heteroatoms. The van der Waals surface area contributed by atoms with Crippen molar-refractivity contribution in [2.24, 2.45) is 5.92 Å². The number of alkyl halides is 3. The van der Waals surface area contributed by atoms with Gasteiger partial charge in [-0.15, -0.1) is 0 Å². The molecular weight excluding hydrogens is 353 g/mol. The molecular formula is C17H21F3N2O4. The van der Waals surface area contributed by atoms with Crippen molar-refractivity contribution in [2.75, 3.05) is 0 Å². The summed E-state index contributed by atoms with van der Waals surface area (Å²) in [5.74, 6) is -3.84. The standard InChI is InChI=1S/C17H21F3N2O4/c1-9(2)13(22-14(23)11-6-4-5-10(3)7-11)15(24)21-12(16(25)26)8-17(18,19)20/h4-7,9,12-13H,8H2,1-3H3,(H,21,24)(H,22,23)(H,25,26). The van der Waals surface area contributed by atoms with Gasteiger partial charge in [0.1, 0.15) is 12.1 Å². The average molecular weight is 374 g/mol. The van der Waals surface area contributed by atoms with Crippen LogP contribution in [0, 0.1) is 12.8 Å². The summed E-state index contributed by atoms with van der Waals surface area (Å²) in [7, 11) is 0. The molecule has 0 saturated carbocycles. The second-order valence-electron chi connectivity index (χ2n) is 6.28. The van der Waals surface area contributed by atoms with Crippen molar-refractivity contribution in [1.29, 1.82) is 0 Å². The third-order valence-corrected chi connectivity index (χ3v) is 3.57. The van der Waals surface area contributed by atoms with Gasteiger partial charge in [0.05, 0.1) is 6.42 Å². The van der Waals surface area contributed by atoms with Gasteiger partial charge in [-0.05, 0) is 25.0 Å². The number of carbonyl (C=O) groups is 3. The van der Waals surface area contributed by atoms with Crippen LogP contribution in [0.2, 0.25) is 0 Å². The fourth-order valence-corrected chi connectivity index (χ4v) is 2.24. The summed E-state index contributed by atoms with van der Waals surface area (Å²) in [5, 5.41) is 13.2. The first-order valence-corrected chi connectivity index (χ1v) is 7.88. The average Bonchev–Trinajstić information content (AvgIpc) is 2.49. The van der Waals surface area contributed by atoms with E-state index in [0.29, 0.717) is 0 Å². The van der Waals surface area contributed by atoms with E-state index in [1.165, 1.54) is 6.07 Å². The summed E-state index contributed by atoms with van der Waals surface area (Å²) in [5.41, 5.74) is 1.10. The molecule has 2 amide bonds. The zero-order valence-electron chi connectivity index (χ0n) is 14.6. The van der Waals surface area contributed by atoms with E-state index >= 15 is 0 Å². The number of aliphatic carboxylic acids is 1. The third-order valence-electron chi connectivity index (χ3n) is 3.57. The molecule has 0 spiro atoms. The Hall–Kier alpha value is -2.58. The van der Waals surface area contributed by atoms with E-state index in [9.17, 15) is 27.6 Å². The van der Waals surface area contributed by atoms with Gasteiger partial charge in [0.25, 0.3) is 5.91 Å². The van der Waals surface area contributed by atoms with Crippen LogP contribution < -0.4 is 10.6 Å². The van der Waals surface area contributed by atoms with Crippen LogP contribution in [0.5, 0.6) is 0 Å². The molecule has 0 aromatic heterocycles. The first-order valence-electron chi connectivity index (χ1n) is 7.88. The fourth-order valence-electron chi connectivity index (χ4n) is 2.24. The number of aryl methyl sites for hydroxylation is 1. The number of benzene rings is 1. The Labute approximate surface area is 148 Å². The first kappa shape index (κ1) is 21.5. The number of carboxylic acid groups (broad SMARTS) is 1. The van der Waals surface area contributed by atoms with Crippen LogP contribution in [0.1, 0.15) is 36.2 Å². The minimum Gasteiger partial charge on any atom is -0.480 e. The normalized spacial score (nSPS) is 13.8. The van der Waals surface area contributed by atoms with Crippen molar-refractivity contribution in [3.05, 3.63) is 35.4 Å². The van der Waals surface area contributed by atoms with Crippen LogP contribution in [0.25, 0.3) is 0 Å². The van der Waals surface area contributed by atoms with Gasteiger partial charge in [-0.1, -0.05) is 31.5 Å². The predicted octanol–water partition coefficient (Wildman–Crippen LogP) is 2.27. The Balaban J connectivity index is 2.89. The lowest BCUT2D eigenvalue weighted by molar-refractivity contribution is -0.160. The zero-order chi connectivity index (χ0) is 20.1. The van der Waals surface area contributed by atoms with Gasteiger partial charge in [0.15, 0.2) is 0 Å². The van der Waals surface area contributed by atoms with E-state index in [1.807, 2.05) is 5.32 Å².